The summed E-state index contributed by atoms with van der Waals surface area (Å²) < 4.78 is 22.7. The van der Waals surface area contributed by atoms with Gasteiger partial charge in [-0.2, -0.15) is 0 Å². The highest BCUT2D eigenvalue weighted by Gasteiger charge is 2.20. The lowest BCUT2D eigenvalue weighted by molar-refractivity contribution is 0.0600. The lowest BCUT2D eigenvalue weighted by Gasteiger charge is -2.15. The van der Waals surface area contributed by atoms with E-state index in [1.165, 1.54) is 7.11 Å². The molecule has 2 rings (SSSR count). The van der Waals surface area contributed by atoms with E-state index in [0.717, 1.165) is 0 Å². The molecule has 0 radical (unpaired) electrons. The minimum Gasteiger partial charge on any atom is -0.465 e. The number of benzene rings is 2. The molecule has 0 saturated heterocycles. The molecule has 0 aliphatic rings. The molecular formula is C15H15O4P. The average Bonchev–Trinajstić information content (AvgIpc) is 2.48. The number of ether oxygens (including phenoxy) is 1. The van der Waals surface area contributed by atoms with Crippen LogP contribution >= 0.6 is 7.37 Å². The number of carbonyl (C=O) groups excluding carboxylic acids is 1. The lowest BCUT2D eigenvalue weighted by Crippen LogP contribution is -2.08. The monoisotopic (exact) mass is 290 g/mol. The van der Waals surface area contributed by atoms with E-state index in [4.69, 9.17) is 4.52 Å². The van der Waals surface area contributed by atoms with E-state index in [9.17, 15) is 9.36 Å². The van der Waals surface area contributed by atoms with Gasteiger partial charge in [0.1, 0.15) is 5.75 Å². The molecule has 1 unspecified atom stereocenters. The number of hydrogen-bond acceptors (Lipinski definition) is 4. The Labute approximate surface area is 117 Å². The van der Waals surface area contributed by atoms with Gasteiger partial charge in [0.05, 0.1) is 12.7 Å². The zero-order chi connectivity index (χ0) is 14.6. The fourth-order valence-electron chi connectivity index (χ4n) is 1.72. The fraction of sp³-hybridized carbons (Fsp3) is 0.133. The van der Waals surface area contributed by atoms with Gasteiger partial charge in [-0.05, 0) is 36.4 Å². The smallest absolute Gasteiger partial charge is 0.337 e. The van der Waals surface area contributed by atoms with Crippen LogP contribution in [0.15, 0.2) is 54.6 Å². The molecule has 2 aromatic carbocycles. The van der Waals surface area contributed by atoms with Crippen LogP contribution in [-0.4, -0.2) is 19.7 Å². The second-order valence-corrected chi connectivity index (χ2v) is 6.68. The first kappa shape index (κ1) is 14.4. The topological polar surface area (TPSA) is 52.6 Å². The molecule has 0 aromatic heterocycles. The second-order valence-electron chi connectivity index (χ2n) is 4.29. The molecule has 0 fully saturated rings. The maximum absolute atomic E-state index is 12.5. The minimum atomic E-state index is -2.93. The molecular weight excluding hydrogens is 275 g/mol. The highest BCUT2D eigenvalue weighted by Crippen LogP contribution is 2.41. The molecule has 0 heterocycles. The van der Waals surface area contributed by atoms with Gasteiger partial charge in [0.2, 0.25) is 0 Å². The molecule has 2 aromatic rings. The summed E-state index contributed by atoms with van der Waals surface area (Å²) in [6, 6.07) is 15.4. The van der Waals surface area contributed by atoms with Crippen LogP contribution in [0, 0.1) is 0 Å². The Balaban J connectivity index is 2.18. The number of rotatable bonds is 4. The Morgan fingerprint density at radius 2 is 1.60 bits per heavy atom. The highest BCUT2D eigenvalue weighted by atomic mass is 31.2. The molecule has 0 saturated carbocycles. The van der Waals surface area contributed by atoms with E-state index in [-0.39, 0.29) is 0 Å². The van der Waals surface area contributed by atoms with Crippen molar-refractivity contribution in [3.05, 3.63) is 60.2 Å². The first-order chi connectivity index (χ1) is 9.53. The quantitative estimate of drug-likeness (QED) is 0.641. The third-order valence-corrected chi connectivity index (χ3v) is 4.58. The van der Waals surface area contributed by atoms with E-state index in [0.29, 0.717) is 16.6 Å². The molecule has 0 amide bonds. The van der Waals surface area contributed by atoms with Crippen molar-refractivity contribution >= 4 is 18.6 Å². The minimum absolute atomic E-state index is 0.417. The fourth-order valence-corrected chi connectivity index (χ4v) is 3.07. The van der Waals surface area contributed by atoms with Crippen LogP contribution in [0.25, 0.3) is 0 Å². The van der Waals surface area contributed by atoms with Gasteiger partial charge >= 0.3 is 5.97 Å². The Morgan fingerprint density at radius 3 is 2.15 bits per heavy atom. The molecule has 0 aliphatic heterocycles. The number of methoxy groups -OCH3 is 1. The van der Waals surface area contributed by atoms with Crippen molar-refractivity contribution < 1.29 is 18.6 Å². The standard InChI is InChI=1S/C15H15O4P/c1-18-15(16)12-8-10-13(11-9-12)19-20(2,17)14-6-4-3-5-7-14/h3-11H,1-2H3. The third kappa shape index (κ3) is 3.28. The number of esters is 1. The van der Waals surface area contributed by atoms with Crippen LogP contribution in [-0.2, 0) is 9.30 Å². The molecule has 1 atom stereocenters. The van der Waals surface area contributed by atoms with Gasteiger partial charge in [-0.3, -0.25) is 4.57 Å². The first-order valence-electron chi connectivity index (χ1n) is 6.04. The van der Waals surface area contributed by atoms with Crippen molar-refractivity contribution in [2.24, 2.45) is 0 Å². The van der Waals surface area contributed by atoms with Crippen molar-refractivity contribution in [3.63, 3.8) is 0 Å². The van der Waals surface area contributed by atoms with Gasteiger partial charge in [-0.1, -0.05) is 18.2 Å². The van der Waals surface area contributed by atoms with Gasteiger partial charge in [0, 0.05) is 12.0 Å². The van der Waals surface area contributed by atoms with Gasteiger partial charge in [-0.25, -0.2) is 4.79 Å². The van der Waals surface area contributed by atoms with Crippen molar-refractivity contribution in [2.75, 3.05) is 13.8 Å². The zero-order valence-electron chi connectivity index (χ0n) is 11.3. The maximum atomic E-state index is 12.5. The Kier molecular flexibility index (Phi) is 4.26. The number of carbonyl (C=O) groups is 1. The van der Waals surface area contributed by atoms with Gasteiger partial charge in [0.25, 0.3) is 7.37 Å². The Bertz CT molecular complexity index is 635. The molecule has 104 valence electrons. The summed E-state index contributed by atoms with van der Waals surface area (Å²) in [5, 5.41) is 0.650. The van der Waals surface area contributed by atoms with E-state index in [1.807, 2.05) is 18.2 Å². The molecule has 5 heteroatoms. The summed E-state index contributed by atoms with van der Waals surface area (Å²) in [4.78, 5) is 11.3. The summed E-state index contributed by atoms with van der Waals surface area (Å²) in [5.41, 5.74) is 0.422. The molecule has 20 heavy (non-hydrogen) atoms. The van der Waals surface area contributed by atoms with Crippen LogP contribution in [0.4, 0.5) is 0 Å². The predicted octanol–water partition coefficient (Wildman–Crippen LogP) is 3.09. The first-order valence-corrected chi connectivity index (χ1v) is 8.11. The van der Waals surface area contributed by atoms with Crippen molar-refractivity contribution in [1.82, 2.24) is 0 Å². The molecule has 0 spiro atoms. The highest BCUT2D eigenvalue weighted by molar-refractivity contribution is 7.66. The average molecular weight is 290 g/mol. The van der Waals surface area contributed by atoms with Gasteiger partial charge < -0.3 is 9.26 Å². The van der Waals surface area contributed by atoms with Crippen molar-refractivity contribution in [1.29, 1.82) is 0 Å². The van der Waals surface area contributed by atoms with Crippen molar-refractivity contribution in [3.8, 4) is 5.75 Å². The van der Waals surface area contributed by atoms with Crippen LogP contribution in [0.3, 0.4) is 0 Å². The van der Waals surface area contributed by atoms with E-state index < -0.39 is 13.3 Å². The SMILES string of the molecule is COC(=O)c1ccc(OP(C)(=O)c2ccccc2)cc1. The largest absolute Gasteiger partial charge is 0.465 e. The summed E-state index contributed by atoms with van der Waals surface area (Å²) in [6.45, 7) is 1.57. The molecule has 0 aliphatic carbocycles. The summed E-state index contributed by atoms with van der Waals surface area (Å²) in [7, 11) is -1.61. The van der Waals surface area contributed by atoms with Gasteiger partial charge in [-0.15, -0.1) is 0 Å². The van der Waals surface area contributed by atoms with Crippen LogP contribution in [0.1, 0.15) is 10.4 Å². The summed E-state index contributed by atoms with van der Waals surface area (Å²) in [6.07, 6.45) is 0. The van der Waals surface area contributed by atoms with Crippen LogP contribution in [0.5, 0.6) is 5.75 Å². The molecule has 0 N–H and O–H groups in total. The van der Waals surface area contributed by atoms with E-state index >= 15 is 0 Å². The lowest BCUT2D eigenvalue weighted by atomic mass is 10.2. The second kappa shape index (κ2) is 5.93. The molecule has 4 nitrogen and oxygen atoms in total. The summed E-state index contributed by atoms with van der Waals surface area (Å²) in [5.74, 6) is 0.0339. The van der Waals surface area contributed by atoms with E-state index in [1.54, 1.807) is 43.1 Å². The number of hydrogen-bond donors (Lipinski definition) is 0. The Hall–Kier alpha value is -2.06. The molecule has 0 bridgehead atoms. The third-order valence-electron chi connectivity index (χ3n) is 2.78. The van der Waals surface area contributed by atoms with Gasteiger partial charge in [0.15, 0.2) is 0 Å². The Morgan fingerprint density at radius 1 is 1.00 bits per heavy atom. The van der Waals surface area contributed by atoms with Crippen LogP contribution < -0.4 is 9.83 Å². The van der Waals surface area contributed by atoms with E-state index in [2.05, 4.69) is 4.74 Å². The summed E-state index contributed by atoms with van der Waals surface area (Å²) >= 11 is 0. The van der Waals surface area contributed by atoms with Crippen molar-refractivity contribution in [2.45, 2.75) is 0 Å². The predicted molar refractivity (Wildman–Crippen MR) is 78.0 cm³/mol. The zero-order valence-corrected chi connectivity index (χ0v) is 12.2. The maximum Gasteiger partial charge on any atom is 0.337 e. The van der Waals surface area contributed by atoms with Crippen LogP contribution in [0.2, 0.25) is 0 Å². The normalized spacial score (nSPS) is 13.3.